The molecule has 11 heteroatoms. The number of fused-ring (bicyclic) bond motifs is 3. The van der Waals surface area contributed by atoms with E-state index in [0.717, 1.165) is 6.20 Å². The summed E-state index contributed by atoms with van der Waals surface area (Å²) in [6, 6.07) is 2.57. The number of benzene rings is 1. The molecule has 4 heterocycles. The summed E-state index contributed by atoms with van der Waals surface area (Å²) in [4.78, 5) is 37.0. The number of nitrogens with one attached hydrogen (secondary N) is 2. The summed E-state index contributed by atoms with van der Waals surface area (Å²) in [5.41, 5.74) is 0.945. The van der Waals surface area contributed by atoms with E-state index in [1.165, 1.54) is 6.20 Å². The van der Waals surface area contributed by atoms with Crippen LogP contribution in [0.1, 0.15) is 13.8 Å². The lowest BCUT2D eigenvalue weighted by Crippen LogP contribution is -2.60. The number of morpholine rings is 2. The maximum atomic E-state index is 14.5. The highest BCUT2D eigenvalue weighted by atomic mass is 35.5. The van der Waals surface area contributed by atoms with Crippen LogP contribution in [0.25, 0.3) is 21.8 Å². The number of pyridine rings is 1. The minimum Gasteiger partial charge on any atom is -0.378 e. The van der Waals surface area contributed by atoms with Crippen molar-refractivity contribution in [3.63, 3.8) is 0 Å². The topological polar surface area (TPSA) is 99.8 Å². The first kappa shape index (κ1) is 23.9. The van der Waals surface area contributed by atoms with Crippen LogP contribution in [-0.4, -0.2) is 89.2 Å². The van der Waals surface area contributed by atoms with Crippen molar-refractivity contribution in [2.45, 2.75) is 25.5 Å². The molecule has 2 aromatic heterocycles. The van der Waals surface area contributed by atoms with Gasteiger partial charge in [0.25, 0.3) is 0 Å². The smallest absolute Gasteiger partial charge is 0.244 e. The molecule has 0 saturated carbocycles. The summed E-state index contributed by atoms with van der Waals surface area (Å²) in [5.74, 6) is -0.868. The predicted molar refractivity (Wildman–Crippen MR) is 130 cm³/mol. The number of H-pyrrole nitrogens is 1. The van der Waals surface area contributed by atoms with Crippen LogP contribution in [0.5, 0.6) is 0 Å². The molecule has 186 valence electrons. The molecule has 0 spiro atoms. The fraction of sp³-hybridized carbons (Fsp3) is 0.458. The van der Waals surface area contributed by atoms with E-state index in [1.54, 1.807) is 17.0 Å². The number of hydrogen-bond acceptors (Lipinski definition) is 6. The molecule has 0 radical (unpaired) electrons. The molecule has 3 aromatic rings. The minimum absolute atomic E-state index is 0.0486. The minimum atomic E-state index is -0.690. The Morgan fingerprint density at radius 2 is 2.06 bits per heavy atom. The lowest BCUT2D eigenvalue weighted by molar-refractivity contribution is -0.152. The average Bonchev–Trinajstić information content (AvgIpc) is 3.19. The number of hydrogen-bond donors (Lipinski definition) is 2. The standard InChI is InChI=1S/C24H27ClFN5O4/c1-24(2)13-31(11-20(32)30-3-5-34-6-4-30)19(12-35-24)23(33)29-17-8-14(25)7-15-21-16(26)9-27-10-18(21)28-22(15)17/h7-10,19,28H,3-6,11-13H2,1-2H3,(H,29,33)/t19-/m0/s1. The Morgan fingerprint density at radius 1 is 1.29 bits per heavy atom. The first-order valence-corrected chi connectivity index (χ1v) is 11.9. The molecule has 2 N–H and O–H groups in total. The first-order chi connectivity index (χ1) is 16.7. The molecular formula is C24H27ClFN5O4. The van der Waals surface area contributed by atoms with Gasteiger partial charge >= 0.3 is 0 Å². The van der Waals surface area contributed by atoms with Gasteiger partial charge < -0.3 is 24.7 Å². The van der Waals surface area contributed by atoms with Crippen LogP contribution in [0.3, 0.4) is 0 Å². The SMILES string of the molecule is CC1(C)CN(CC(=O)N2CCOCC2)[C@H](C(=O)Nc2cc(Cl)cc3c2[nH]c2cncc(F)c23)CO1. The Labute approximate surface area is 206 Å². The molecular weight excluding hydrogens is 477 g/mol. The fourth-order valence-corrected chi connectivity index (χ4v) is 4.96. The van der Waals surface area contributed by atoms with Gasteiger partial charge in [-0.05, 0) is 26.0 Å². The van der Waals surface area contributed by atoms with Gasteiger partial charge in [-0.1, -0.05) is 11.6 Å². The number of aromatic amines is 1. The Kier molecular flexibility index (Phi) is 6.39. The van der Waals surface area contributed by atoms with E-state index in [9.17, 15) is 14.0 Å². The van der Waals surface area contributed by atoms with Crippen LogP contribution < -0.4 is 5.32 Å². The molecule has 0 unspecified atom stereocenters. The third kappa shape index (κ3) is 4.84. The number of rotatable bonds is 4. The summed E-state index contributed by atoms with van der Waals surface area (Å²) in [5, 5.41) is 4.17. The predicted octanol–water partition coefficient (Wildman–Crippen LogP) is 2.79. The van der Waals surface area contributed by atoms with E-state index in [0.29, 0.717) is 65.4 Å². The summed E-state index contributed by atoms with van der Waals surface area (Å²) >= 11 is 6.32. The normalized spacial score (nSPS) is 20.9. The Hall–Kier alpha value is -2.79. The zero-order chi connectivity index (χ0) is 24.7. The van der Waals surface area contributed by atoms with Gasteiger partial charge in [0.05, 0.1) is 61.1 Å². The molecule has 2 saturated heterocycles. The van der Waals surface area contributed by atoms with Gasteiger partial charge in [-0.2, -0.15) is 0 Å². The van der Waals surface area contributed by atoms with Gasteiger partial charge in [0, 0.05) is 35.4 Å². The first-order valence-electron chi connectivity index (χ1n) is 11.5. The summed E-state index contributed by atoms with van der Waals surface area (Å²) in [7, 11) is 0. The molecule has 1 atom stereocenters. The number of nitrogens with zero attached hydrogens (tertiary/aromatic N) is 3. The molecule has 2 amide bonds. The van der Waals surface area contributed by atoms with Crippen molar-refractivity contribution >= 4 is 50.9 Å². The number of carbonyl (C=O) groups is 2. The van der Waals surface area contributed by atoms with Crippen LogP contribution in [0.15, 0.2) is 24.5 Å². The number of amides is 2. The van der Waals surface area contributed by atoms with E-state index < -0.39 is 17.5 Å². The molecule has 35 heavy (non-hydrogen) atoms. The van der Waals surface area contributed by atoms with E-state index in [-0.39, 0.29) is 25.0 Å². The second kappa shape index (κ2) is 9.34. The Morgan fingerprint density at radius 3 is 2.83 bits per heavy atom. The zero-order valence-electron chi connectivity index (χ0n) is 19.6. The number of carbonyl (C=O) groups excluding carboxylic acids is 2. The maximum Gasteiger partial charge on any atom is 0.244 e. The van der Waals surface area contributed by atoms with Crippen LogP contribution in [0.4, 0.5) is 10.1 Å². The molecule has 0 aliphatic carbocycles. The van der Waals surface area contributed by atoms with Crippen LogP contribution in [0, 0.1) is 5.82 Å². The molecule has 0 bridgehead atoms. The average molecular weight is 504 g/mol. The van der Waals surface area contributed by atoms with Gasteiger partial charge in [-0.3, -0.25) is 19.5 Å². The van der Waals surface area contributed by atoms with Crippen molar-refractivity contribution in [1.29, 1.82) is 0 Å². The quantitative estimate of drug-likeness (QED) is 0.568. The Bertz CT molecular complexity index is 1290. The van der Waals surface area contributed by atoms with Crippen molar-refractivity contribution in [1.82, 2.24) is 19.8 Å². The number of ether oxygens (including phenoxy) is 2. The van der Waals surface area contributed by atoms with Crippen molar-refractivity contribution < 1.29 is 23.5 Å². The van der Waals surface area contributed by atoms with E-state index in [2.05, 4.69) is 15.3 Å². The van der Waals surface area contributed by atoms with Crippen LogP contribution in [0.2, 0.25) is 5.02 Å². The second-order valence-electron chi connectivity index (χ2n) is 9.52. The number of anilines is 1. The summed E-state index contributed by atoms with van der Waals surface area (Å²) < 4.78 is 25.8. The molecule has 9 nitrogen and oxygen atoms in total. The van der Waals surface area contributed by atoms with Gasteiger partial charge in [0.15, 0.2) is 5.82 Å². The molecule has 2 fully saturated rings. The van der Waals surface area contributed by atoms with E-state index in [1.807, 2.05) is 18.7 Å². The maximum absolute atomic E-state index is 14.5. The highest BCUT2D eigenvalue weighted by Gasteiger charge is 2.39. The van der Waals surface area contributed by atoms with E-state index in [4.69, 9.17) is 21.1 Å². The third-order valence-electron chi connectivity index (χ3n) is 6.45. The van der Waals surface area contributed by atoms with Gasteiger partial charge in [0.1, 0.15) is 6.04 Å². The lowest BCUT2D eigenvalue weighted by atomic mass is 10.0. The van der Waals surface area contributed by atoms with Crippen molar-refractivity contribution in [3.05, 3.63) is 35.4 Å². The largest absolute Gasteiger partial charge is 0.378 e. The van der Waals surface area contributed by atoms with Crippen LogP contribution in [-0.2, 0) is 19.1 Å². The summed E-state index contributed by atoms with van der Waals surface area (Å²) in [6.45, 7) is 6.59. The third-order valence-corrected chi connectivity index (χ3v) is 6.67. The van der Waals surface area contributed by atoms with E-state index >= 15 is 0 Å². The zero-order valence-corrected chi connectivity index (χ0v) is 20.3. The van der Waals surface area contributed by atoms with Crippen molar-refractivity contribution in [2.75, 3.05) is 51.3 Å². The molecule has 5 rings (SSSR count). The van der Waals surface area contributed by atoms with Gasteiger partial charge in [-0.15, -0.1) is 0 Å². The molecule has 2 aliphatic heterocycles. The van der Waals surface area contributed by atoms with Gasteiger partial charge in [-0.25, -0.2) is 4.39 Å². The highest BCUT2D eigenvalue weighted by Crippen LogP contribution is 2.34. The molecule has 1 aromatic carbocycles. The monoisotopic (exact) mass is 503 g/mol. The second-order valence-corrected chi connectivity index (χ2v) is 9.96. The fourth-order valence-electron chi connectivity index (χ4n) is 4.74. The van der Waals surface area contributed by atoms with Crippen molar-refractivity contribution in [2.24, 2.45) is 0 Å². The Balaban J connectivity index is 1.42. The number of halogens is 2. The highest BCUT2D eigenvalue weighted by molar-refractivity contribution is 6.33. The van der Waals surface area contributed by atoms with Gasteiger partial charge in [0.2, 0.25) is 11.8 Å². The van der Waals surface area contributed by atoms with Crippen LogP contribution >= 0.6 is 11.6 Å². The number of aromatic nitrogens is 2. The summed E-state index contributed by atoms with van der Waals surface area (Å²) in [6.07, 6.45) is 2.66. The van der Waals surface area contributed by atoms with Crippen molar-refractivity contribution in [3.8, 4) is 0 Å². The lowest BCUT2D eigenvalue weighted by Gasteiger charge is -2.43. The molecule has 2 aliphatic rings.